The Bertz CT molecular complexity index is 472. The van der Waals surface area contributed by atoms with Gasteiger partial charge in [0.1, 0.15) is 12.1 Å². The van der Waals surface area contributed by atoms with Gasteiger partial charge >= 0.3 is 0 Å². The first-order valence-corrected chi connectivity index (χ1v) is 6.53. The molecule has 2 aromatic rings. The van der Waals surface area contributed by atoms with Gasteiger partial charge in [-0.3, -0.25) is 0 Å². The molecule has 0 spiro atoms. The maximum absolute atomic E-state index is 5.46. The zero-order valence-corrected chi connectivity index (χ0v) is 11.1. The Morgan fingerprint density at radius 2 is 2.32 bits per heavy atom. The second-order valence-corrected chi connectivity index (χ2v) is 4.17. The first-order valence-electron chi connectivity index (χ1n) is 6.53. The molecule has 6 nitrogen and oxygen atoms in total. The summed E-state index contributed by atoms with van der Waals surface area (Å²) in [6.07, 6.45) is 9.06. The van der Waals surface area contributed by atoms with Gasteiger partial charge in [0.2, 0.25) is 5.88 Å². The summed E-state index contributed by atoms with van der Waals surface area (Å²) in [7, 11) is 0. The van der Waals surface area contributed by atoms with Gasteiger partial charge < -0.3 is 14.6 Å². The van der Waals surface area contributed by atoms with E-state index in [0.29, 0.717) is 12.5 Å². The number of imidazole rings is 1. The zero-order chi connectivity index (χ0) is 13.3. The topological polar surface area (TPSA) is 64.9 Å². The highest BCUT2D eigenvalue weighted by molar-refractivity contribution is 5.36. The fraction of sp³-hybridized carbons (Fsp3) is 0.462. The van der Waals surface area contributed by atoms with E-state index in [9.17, 15) is 0 Å². The smallest absolute Gasteiger partial charge is 0.218 e. The van der Waals surface area contributed by atoms with Crippen molar-refractivity contribution in [2.24, 2.45) is 0 Å². The Balaban J connectivity index is 1.73. The molecule has 0 radical (unpaired) electrons. The number of aryl methyl sites for hydroxylation is 1. The lowest BCUT2D eigenvalue weighted by Crippen LogP contribution is -2.07. The monoisotopic (exact) mass is 261 g/mol. The second kappa shape index (κ2) is 7.35. The molecule has 0 saturated heterocycles. The van der Waals surface area contributed by atoms with Crippen LogP contribution in [0.4, 0.5) is 5.82 Å². The van der Waals surface area contributed by atoms with Gasteiger partial charge in [-0.05, 0) is 12.8 Å². The van der Waals surface area contributed by atoms with Crippen molar-refractivity contribution in [2.75, 3.05) is 18.5 Å². The maximum Gasteiger partial charge on any atom is 0.218 e. The van der Waals surface area contributed by atoms with Crippen LogP contribution in [0.3, 0.4) is 0 Å². The molecule has 19 heavy (non-hydrogen) atoms. The van der Waals surface area contributed by atoms with E-state index in [1.54, 1.807) is 6.20 Å². The molecule has 1 N–H and O–H groups in total. The highest BCUT2D eigenvalue weighted by Gasteiger charge is 1.99. The molecule has 2 rings (SSSR count). The van der Waals surface area contributed by atoms with Gasteiger partial charge in [-0.15, -0.1) is 0 Å². The fourth-order valence-corrected chi connectivity index (χ4v) is 1.62. The van der Waals surface area contributed by atoms with Crippen LogP contribution in [0.1, 0.15) is 19.8 Å². The molecule has 0 aliphatic heterocycles. The van der Waals surface area contributed by atoms with Crippen LogP contribution in [0, 0.1) is 0 Å². The highest BCUT2D eigenvalue weighted by Crippen LogP contribution is 2.11. The lowest BCUT2D eigenvalue weighted by Gasteiger charge is -2.07. The van der Waals surface area contributed by atoms with Gasteiger partial charge in [0.15, 0.2) is 0 Å². The van der Waals surface area contributed by atoms with E-state index in [2.05, 4.69) is 31.8 Å². The first-order chi connectivity index (χ1) is 9.38. The Hall–Kier alpha value is -2.11. The minimum Gasteiger partial charge on any atom is -0.478 e. The van der Waals surface area contributed by atoms with Crippen LogP contribution in [0.25, 0.3) is 0 Å². The number of nitrogens with one attached hydrogen (secondary N) is 1. The van der Waals surface area contributed by atoms with Crippen LogP contribution >= 0.6 is 0 Å². The Morgan fingerprint density at radius 1 is 1.37 bits per heavy atom. The van der Waals surface area contributed by atoms with Crippen molar-refractivity contribution in [2.45, 2.75) is 26.3 Å². The summed E-state index contributed by atoms with van der Waals surface area (Å²) in [5, 5.41) is 3.26. The Kier molecular flexibility index (Phi) is 5.16. The van der Waals surface area contributed by atoms with Crippen molar-refractivity contribution in [3.05, 3.63) is 31.1 Å². The second-order valence-electron chi connectivity index (χ2n) is 4.17. The summed E-state index contributed by atoms with van der Waals surface area (Å²) >= 11 is 0. The third kappa shape index (κ3) is 4.57. The summed E-state index contributed by atoms with van der Waals surface area (Å²) in [4.78, 5) is 12.2. The average Bonchev–Trinajstić information content (AvgIpc) is 2.95. The van der Waals surface area contributed by atoms with Crippen LogP contribution in [-0.4, -0.2) is 32.7 Å². The molecule has 0 atom stereocenters. The van der Waals surface area contributed by atoms with Crippen LogP contribution in [0.2, 0.25) is 0 Å². The van der Waals surface area contributed by atoms with E-state index < -0.39 is 0 Å². The fourth-order valence-electron chi connectivity index (χ4n) is 1.62. The minimum atomic E-state index is 0.619. The number of rotatable bonds is 8. The number of hydrogen-bond acceptors (Lipinski definition) is 5. The quantitative estimate of drug-likeness (QED) is 0.736. The van der Waals surface area contributed by atoms with E-state index in [0.717, 1.165) is 31.7 Å². The van der Waals surface area contributed by atoms with Crippen molar-refractivity contribution >= 4 is 5.82 Å². The van der Waals surface area contributed by atoms with E-state index in [-0.39, 0.29) is 0 Å². The molecule has 0 unspecified atom stereocenters. The SMILES string of the molecule is CCCOc1cc(NCCCn2ccnc2)ncn1. The van der Waals surface area contributed by atoms with Crippen molar-refractivity contribution < 1.29 is 4.74 Å². The number of nitrogens with zero attached hydrogens (tertiary/aromatic N) is 4. The lowest BCUT2D eigenvalue weighted by molar-refractivity contribution is 0.305. The van der Waals surface area contributed by atoms with Gasteiger partial charge in [0, 0.05) is 31.5 Å². The molecule has 0 aliphatic carbocycles. The normalized spacial score (nSPS) is 10.4. The third-order valence-corrected chi connectivity index (χ3v) is 2.55. The number of hydrogen-bond donors (Lipinski definition) is 1. The lowest BCUT2D eigenvalue weighted by atomic mass is 10.4. The molecule has 0 aromatic carbocycles. The molecule has 0 saturated carbocycles. The summed E-state index contributed by atoms with van der Waals surface area (Å²) in [6, 6.07) is 1.83. The van der Waals surface area contributed by atoms with E-state index in [1.165, 1.54) is 6.33 Å². The maximum atomic E-state index is 5.46. The third-order valence-electron chi connectivity index (χ3n) is 2.55. The molecule has 6 heteroatoms. The van der Waals surface area contributed by atoms with Crippen molar-refractivity contribution in [3.63, 3.8) is 0 Å². The summed E-state index contributed by atoms with van der Waals surface area (Å²) in [5.41, 5.74) is 0. The summed E-state index contributed by atoms with van der Waals surface area (Å²) < 4.78 is 7.51. The Labute approximate surface area is 112 Å². The van der Waals surface area contributed by atoms with Crippen molar-refractivity contribution in [1.29, 1.82) is 0 Å². The largest absolute Gasteiger partial charge is 0.478 e. The molecular formula is C13H19N5O. The first kappa shape index (κ1) is 13.3. The predicted octanol–water partition coefficient (Wildman–Crippen LogP) is 1.96. The van der Waals surface area contributed by atoms with Gasteiger partial charge in [0.05, 0.1) is 12.9 Å². The van der Waals surface area contributed by atoms with Crippen LogP contribution in [-0.2, 0) is 6.54 Å². The number of ether oxygens (including phenoxy) is 1. The predicted molar refractivity (Wildman–Crippen MR) is 73.2 cm³/mol. The molecule has 0 fully saturated rings. The van der Waals surface area contributed by atoms with Crippen LogP contribution < -0.4 is 10.1 Å². The molecule has 0 bridgehead atoms. The van der Waals surface area contributed by atoms with E-state index in [1.807, 2.05) is 18.6 Å². The number of aromatic nitrogens is 4. The van der Waals surface area contributed by atoms with E-state index >= 15 is 0 Å². The van der Waals surface area contributed by atoms with Gasteiger partial charge in [0.25, 0.3) is 0 Å². The number of anilines is 1. The van der Waals surface area contributed by atoms with Gasteiger partial charge in [-0.25, -0.2) is 15.0 Å². The van der Waals surface area contributed by atoms with Crippen LogP contribution in [0.15, 0.2) is 31.1 Å². The molecule has 102 valence electrons. The standard InChI is InChI=1S/C13H19N5O/c1-2-8-19-13-9-12(16-10-17-13)15-4-3-6-18-7-5-14-11-18/h5,7,9-11H,2-4,6,8H2,1H3,(H,15,16,17). The summed E-state index contributed by atoms with van der Waals surface area (Å²) in [6.45, 7) is 4.53. The van der Waals surface area contributed by atoms with E-state index in [4.69, 9.17) is 4.74 Å². The van der Waals surface area contributed by atoms with Gasteiger partial charge in [-0.2, -0.15) is 0 Å². The summed E-state index contributed by atoms with van der Waals surface area (Å²) in [5.74, 6) is 1.42. The van der Waals surface area contributed by atoms with Crippen LogP contribution in [0.5, 0.6) is 5.88 Å². The zero-order valence-electron chi connectivity index (χ0n) is 11.1. The molecular weight excluding hydrogens is 242 g/mol. The minimum absolute atomic E-state index is 0.619. The Morgan fingerprint density at radius 3 is 3.11 bits per heavy atom. The molecule has 2 heterocycles. The molecule has 0 amide bonds. The van der Waals surface area contributed by atoms with Gasteiger partial charge in [-0.1, -0.05) is 6.92 Å². The molecule has 2 aromatic heterocycles. The molecule has 0 aliphatic rings. The van der Waals surface area contributed by atoms with Crippen molar-refractivity contribution in [1.82, 2.24) is 19.5 Å². The van der Waals surface area contributed by atoms with Crippen molar-refractivity contribution in [3.8, 4) is 5.88 Å². The highest BCUT2D eigenvalue weighted by atomic mass is 16.5. The average molecular weight is 261 g/mol.